The maximum absolute atomic E-state index is 12.9. The molecule has 7 heteroatoms. The van der Waals surface area contributed by atoms with Gasteiger partial charge in [0.2, 0.25) is 0 Å². The summed E-state index contributed by atoms with van der Waals surface area (Å²) >= 11 is 0. The second-order valence-corrected chi connectivity index (χ2v) is 3.53. The summed E-state index contributed by atoms with van der Waals surface area (Å²) in [5.41, 5.74) is 0.591. The average Bonchev–Trinajstić information content (AvgIpc) is 2.56. The van der Waals surface area contributed by atoms with E-state index in [2.05, 4.69) is 9.40 Å². The lowest BCUT2D eigenvalue weighted by molar-refractivity contribution is -0.164. The third kappa shape index (κ3) is 2.17. The number of rotatable bonds is 3. The van der Waals surface area contributed by atoms with Gasteiger partial charge >= 0.3 is 17.6 Å². The van der Waals surface area contributed by atoms with Gasteiger partial charge in [-0.05, 0) is 17.7 Å². The predicted molar refractivity (Wildman–Crippen MR) is 53.1 cm³/mol. The van der Waals surface area contributed by atoms with E-state index >= 15 is 0 Å². The zero-order valence-corrected chi connectivity index (χ0v) is 8.37. The molecule has 5 nitrogen and oxygen atoms in total. The summed E-state index contributed by atoms with van der Waals surface area (Å²) in [6.45, 7) is 0. The van der Waals surface area contributed by atoms with Crippen molar-refractivity contribution in [3.05, 3.63) is 34.3 Å². The number of benzene rings is 1. The molecule has 0 unspecified atom stereocenters. The highest BCUT2D eigenvalue weighted by molar-refractivity contribution is 5.77. The number of oxazole rings is 1. The Bertz CT molecular complexity index is 629. The topological polar surface area (TPSA) is 83.3 Å². The second-order valence-electron chi connectivity index (χ2n) is 3.53. The van der Waals surface area contributed by atoms with Crippen LogP contribution in [0.15, 0.2) is 27.4 Å². The van der Waals surface area contributed by atoms with Crippen LogP contribution in [0.4, 0.5) is 8.78 Å². The van der Waals surface area contributed by atoms with E-state index in [1.54, 1.807) is 0 Å². The van der Waals surface area contributed by atoms with Crippen LogP contribution in [0.3, 0.4) is 0 Å². The van der Waals surface area contributed by atoms with E-state index < -0.39 is 24.1 Å². The van der Waals surface area contributed by atoms with Crippen molar-refractivity contribution in [2.75, 3.05) is 0 Å². The summed E-state index contributed by atoms with van der Waals surface area (Å²) in [4.78, 5) is 23.4. The van der Waals surface area contributed by atoms with Crippen LogP contribution in [0, 0.1) is 0 Å². The monoisotopic (exact) mass is 243 g/mol. The Labute approximate surface area is 92.7 Å². The first-order chi connectivity index (χ1) is 7.88. The molecule has 2 rings (SSSR count). The van der Waals surface area contributed by atoms with E-state index in [1.807, 2.05) is 0 Å². The van der Waals surface area contributed by atoms with Crippen molar-refractivity contribution in [3.63, 3.8) is 0 Å². The first-order valence-electron chi connectivity index (χ1n) is 4.61. The molecule has 0 radical (unpaired) electrons. The van der Waals surface area contributed by atoms with Crippen molar-refractivity contribution in [2.45, 2.75) is 12.3 Å². The van der Waals surface area contributed by atoms with Crippen molar-refractivity contribution in [1.82, 2.24) is 4.98 Å². The fraction of sp³-hybridized carbons (Fsp3) is 0.200. The van der Waals surface area contributed by atoms with E-state index in [-0.39, 0.29) is 16.7 Å². The average molecular weight is 243 g/mol. The van der Waals surface area contributed by atoms with Gasteiger partial charge in [0.25, 0.3) is 0 Å². The minimum absolute atomic E-state index is 0.0990. The maximum atomic E-state index is 12.9. The first-order valence-corrected chi connectivity index (χ1v) is 4.61. The van der Waals surface area contributed by atoms with Crippen LogP contribution >= 0.6 is 0 Å². The number of alkyl halides is 2. The molecule has 17 heavy (non-hydrogen) atoms. The number of H-pyrrole nitrogens is 1. The Kier molecular flexibility index (Phi) is 2.45. The molecule has 1 aromatic carbocycles. The summed E-state index contributed by atoms with van der Waals surface area (Å²) in [7, 11) is 0. The SMILES string of the molecule is O=C(O)C(F)(F)Cc1ccc2oc(=O)[nH]c2c1. The highest BCUT2D eigenvalue weighted by Gasteiger charge is 2.38. The van der Waals surface area contributed by atoms with Gasteiger partial charge < -0.3 is 9.52 Å². The Balaban J connectivity index is 2.37. The standard InChI is InChI=1S/C10H7F2NO4/c11-10(12,8(14)15)4-5-1-2-7-6(3-5)13-9(16)17-7/h1-3H,4H2,(H,13,16)(H,14,15). The number of aliphatic carboxylic acids is 1. The lowest BCUT2D eigenvalue weighted by Crippen LogP contribution is -2.30. The molecule has 90 valence electrons. The number of hydrogen-bond acceptors (Lipinski definition) is 3. The Hall–Kier alpha value is -2.18. The van der Waals surface area contributed by atoms with E-state index in [1.165, 1.54) is 18.2 Å². The van der Waals surface area contributed by atoms with Crippen LogP contribution in [-0.2, 0) is 11.2 Å². The number of carboxylic acid groups (broad SMARTS) is 1. The lowest BCUT2D eigenvalue weighted by atomic mass is 10.1. The minimum Gasteiger partial charge on any atom is -0.477 e. The molecule has 0 saturated heterocycles. The van der Waals surface area contributed by atoms with E-state index in [0.29, 0.717) is 0 Å². The van der Waals surface area contributed by atoms with Crippen molar-refractivity contribution in [2.24, 2.45) is 0 Å². The smallest absolute Gasteiger partial charge is 0.417 e. The molecule has 2 N–H and O–H groups in total. The van der Waals surface area contributed by atoms with E-state index in [9.17, 15) is 18.4 Å². The number of carbonyl (C=O) groups is 1. The summed E-state index contributed by atoms with van der Waals surface area (Å²) in [6.07, 6.45) is -0.939. The van der Waals surface area contributed by atoms with Gasteiger partial charge in [-0.25, -0.2) is 9.59 Å². The van der Waals surface area contributed by atoms with Crippen LogP contribution in [-0.4, -0.2) is 22.0 Å². The zero-order chi connectivity index (χ0) is 12.6. The molecule has 0 aliphatic rings. The third-order valence-electron chi connectivity index (χ3n) is 2.22. The molecule has 1 heterocycles. The first kappa shape index (κ1) is 11.3. The minimum atomic E-state index is -3.84. The fourth-order valence-corrected chi connectivity index (χ4v) is 1.44. The van der Waals surface area contributed by atoms with Crippen molar-refractivity contribution in [1.29, 1.82) is 0 Å². The van der Waals surface area contributed by atoms with Gasteiger partial charge in [0.05, 0.1) is 5.52 Å². The number of halogens is 2. The van der Waals surface area contributed by atoms with Crippen LogP contribution in [0.1, 0.15) is 5.56 Å². The summed E-state index contributed by atoms with van der Waals surface area (Å²) in [5, 5.41) is 8.29. The normalized spacial score (nSPS) is 11.9. The molecule has 0 amide bonds. The number of nitrogens with one attached hydrogen (secondary N) is 1. The number of aromatic nitrogens is 1. The van der Waals surface area contributed by atoms with Gasteiger partial charge in [-0.3, -0.25) is 4.98 Å². The molecule has 2 aromatic rings. The third-order valence-corrected chi connectivity index (χ3v) is 2.22. The molecule has 0 aliphatic heterocycles. The van der Waals surface area contributed by atoms with Gasteiger partial charge in [-0.2, -0.15) is 8.78 Å². The Morgan fingerprint density at radius 3 is 2.82 bits per heavy atom. The summed E-state index contributed by atoms with van der Waals surface area (Å²) < 4.78 is 30.6. The quantitative estimate of drug-likeness (QED) is 0.853. The highest BCUT2D eigenvalue weighted by atomic mass is 19.3. The van der Waals surface area contributed by atoms with Gasteiger partial charge in [0.1, 0.15) is 0 Å². The number of hydrogen-bond donors (Lipinski definition) is 2. The van der Waals surface area contributed by atoms with Gasteiger partial charge in [0.15, 0.2) is 5.58 Å². The van der Waals surface area contributed by atoms with Crippen molar-refractivity contribution < 1.29 is 23.1 Å². The van der Waals surface area contributed by atoms with Crippen LogP contribution in [0.2, 0.25) is 0 Å². The maximum Gasteiger partial charge on any atom is 0.417 e. The molecule has 0 bridgehead atoms. The number of carboxylic acids is 1. The van der Waals surface area contributed by atoms with Crippen LogP contribution in [0.5, 0.6) is 0 Å². The number of fused-ring (bicyclic) bond motifs is 1. The van der Waals surface area contributed by atoms with Gasteiger partial charge in [-0.1, -0.05) is 6.07 Å². The summed E-state index contributed by atoms with van der Waals surface area (Å²) in [6, 6.07) is 3.88. The molecule has 0 aliphatic carbocycles. The largest absolute Gasteiger partial charge is 0.477 e. The fourth-order valence-electron chi connectivity index (χ4n) is 1.44. The second kappa shape index (κ2) is 3.69. The van der Waals surface area contributed by atoms with E-state index in [0.717, 1.165) is 0 Å². The molecule has 1 aromatic heterocycles. The highest BCUT2D eigenvalue weighted by Crippen LogP contribution is 2.22. The predicted octanol–water partition coefficient (Wildman–Crippen LogP) is 1.38. The summed E-state index contributed by atoms with van der Waals surface area (Å²) in [5.74, 6) is -6.71. The van der Waals surface area contributed by atoms with E-state index in [4.69, 9.17) is 5.11 Å². The molecular formula is C10H7F2NO4. The van der Waals surface area contributed by atoms with Crippen molar-refractivity contribution >= 4 is 17.1 Å². The Morgan fingerprint density at radius 2 is 2.18 bits per heavy atom. The molecule has 0 atom stereocenters. The van der Waals surface area contributed by atoms with Crippen LogP contribution in [0.25, 0.3) is 11.1 Å². The molecule has 0 fully saturated rings. The molecular weight excluding hydrogens is 236 g/mol. The Morgan fingerprint density at radius 1 is 1.47 bits per heavy atom. The molecule has 0 spiro atoms. The lowest BCUT2D eigenvalue weighted by Gasteiger charge is -2.10. The zero-order valence-electron chi connectivity index (χ0n) is 8.37. The number of aromatic amines is 1. The van der Waals surface area contributed by atoms with Gasteiger partial charge in [0, 0.05) is 6.42 Å². The van der Waals surface area contributed by atoms with Crippen LogP contribution < -0.4 is 5.76 Å². The van der Waals surface area contributed by atoms with Gasteiger partial charge in [-0.15, -0.1) is 0 Å². The van der Waals surface area contributed by atoms with Crippen molar-refractivity contribution in [3.8, 4) is 0 Å². The molecule has 0 saturated carbocycles.